The lowest BCUT2D eigenvalue weighted by molar-refractivity contribution is 0.267. The summed E-state index contributed by atoms with van der Waals surface area (Å²) in [6.07, 6.45) is 10.4. The zero-order valence-corrected chi connectivity index (χ0v) is 8.00. The summed E-state index contributed by atoms with van der Waals surface area (Å²) in [4.78, 5) is 2.40. The second-order valence-electron chi connectivity index (χ2n) is 3.48. The van der Waals surface area contributed by atoms with Gasteiger partial charge in [-0.3, -0.25) is 4.90 Å². The largest absolute Gasteiger partial charge is 0.299 e. The molecular weight excluding hydrogens is 160 g/mol. The summed E-state index contributed by atoms with van der Waals surface area (Å²) >= 11 is 0. The van der Waals surface area contributed by atoms with Gasteiger partial charge in [-0.15, -0.1) is 12.3 Å². The van der Waals surface area contributed by atoms with Gasteiger partial charge in [0.15, 0.2) is 0 Å². The van der Waals surface area contributed by atoms with E-state index in [4.69, 9.17) is 11.7 Å². The molecule has 0 spiro atoms. The van der Waals surface area contributed by atoms with Crippen LogP contribution in [-0.2, 0) is 0 Å². The van der Waals surface area contributed by atoms with Crippen LogP contribution >= 0.6 is 0 Å². The first-order chi connectivity index (χ1) is 6.38. The summed E-state index contributed by atoms with van der Waals surface area (Å²) in [5.41, 5.74) is 0. The van der Waals surface area contributed by atoms with E-state index in [0.29, 0.717) is 6.42 Å². The van der Waals surface area contributed by atoms with E-state index in [9.17, 15) is 0 Å². The van der Waals surface area contributed by atoms with Gasteiger partial charge < -0.3 is 0 Å². The molecule has 0 amide bonds. The molecule has 0 N–H and O–H groups in total. The van der Waals surface area contributed by atoms with Crippen LogP contribution in [0, 0.1) is 23.7 Å². The maximum Gasteiger partial charge on any atom is 0.0635 e. The maximum absolute atomic E-state index is 8.48. The number of hydrogen-bond donors (Lipinski definition) is 0. The molecule has 1 aliphatic carbocycles. The van der Waals surface area contributed by atoms with Gasteiger partial charge in [0.1, 0.15) is 0 Å². The molecule has 0 atom stereocenters. The minimum Gasteiger partial charge on any atom is -0.299 e. The molecule has 0 heterocycles. The van der Waals surface area contributed by atoms with Crippen LogP contribution in [0.2, 0.25) is 0 Å². The molecule has 0 radical (unpaired) electrons. The van der Waals surface area contributed by atoms with Crippen molar-refractivity contribution >= 4 is 0 Å². The van der Waals surface area contributed by atoms with E-state index >= 15 is 0 Å². The maximum atomic E-state index is 8.48. The lowest BCUT2D eigenvalue weighted by atomic mass is 10.3. The van der Waals surface area contributed by atoms with Crippen molar-refractivity contribution in [2.24, 2.45) is 0 Å². The Hall–Kier alpha value is -0.990. The molecule has 2 heteroatoms. The monoisotopic (exact) mass is 176 g/mol. The third kappa shape index (κ3) is 3.97. The smallest absolute Gasteiger partial charge is 0.0635 e. The molecule has 0 aliphatic heterocycles. The van der Waals surface area contributed by atoms with Crippen LogP contribution in [0.25, 0.3) is 0 Å². The van der Waals surface area contributed by atoms with Gasteiger partial charge in [-0.2, -0.15) is 5.26 Å². The van der Waals surface area contributed by atoms with Gasteiger partial charge in [0.25, 0.3) is 0 Å². The number of nitriles is 1. The Morgan fingerprint density at radius 3 is 2.62 bits per heavy atom. The number of rotatable bonds is 6. The third-order valence-electron chi connectivity index (χ3n) is 2.34. The Kier molecular flexibility index (Phi) is 4.36. The number of nitrogens with zero attached hydrogens (tertiary/aromatic N) is 2. The van der Waals surface area contributed by atoms with Crippen molar-refractivity contribution in [3.8, 4) is 18.4 Å². The third-order valence-corrected chi connectivity index (χ3v) is 2.34. The predicted molar refractivity (Wildman–Crippen MR) is 52.9 cm³/mol. The van der Waals surface area contributed by atoms with E-state index in [2.05, 4.69) is 16.9 Å². The minimum absolute atomic E-state index is 0.645. The number of terminal acetylenes is 1. The van der Waals surface area contributed by atoms with Gasteiger partial charge in [-0.1, -0.05) is 0 Å². The van der Waals surface area contributed by atoms with E-state index < -0.39 is 0 Å². The van der Waals surface area contributed by atoms with E-state index in [0.717, 1.165) is 32.0 Å². The van der Waals surface area contributed by atoms with Gasteiger partial charge in [0.05, 0.1) is 6.07 Å². The topological polar surface area (TPSA) is 27.0 Å². The van der Waals surface area contributed by atoms with Gasteiger partial charge >= 0.3 is 0 Å². The molecule has 1 rings (SSSR count). The first kappa shape index (κ1) is 10.1. The number of unbranched alkanes of at least 4 members (excludes halogenated alkanes) is 1. The van der Waals surface area contributed by atoms with Crippen molar-refractivity contribution < 1.29 is 0 Å². The van der Waals surface area contributed by atoms with E-state index in [-0.39, 0.29) is 0 Å². The summed E-state index contributed by atoms with van der Waals surface area (Å²) < 4.78 is 0. The molecule has 1 fully saturated rings. The van der Waals surface area contributed by atoms with Crippen molar-refractivity contribution in [1.29, 1.82) is 5.26 Å². The summed E-state index contributed by atoms with van der Waals surface area (Å²) in [7, 11) is 0. The van der Waals surface area contributed by atoms with E-state index in [1.165, 1.54) is 12.8 Å². The quantitative estimate of drug-likeness (QED) is 0.455. The molecule has 2 nitrogen and oxygen atoms in total. The first-order valence-electron chi connectivity index (χ1n) is 4.93. The highest BCUT2D eigenvalue weighted by atomic mass is 15.2. The van der Waals surface area contributed by atoms with Crippen molar-refractivity contribution in [3.63, 3.8) is 0 Å². The Balaban J connectivity index is 2.15. The second kappa shape index (κ2) is 5.62. The van der Waals surface area contributed by atoms with Crippen molar-refractivity contribution in [3.05, 3.63) is 0 Å². The Morgan fingerprint density at radius 1 is 1.31 bits per heavy atom. The fourth-order valence-corrected chi connectivity index (χ4v) is 1.49. The average molecular weight is 176 g/mol. The van der Waals surface area contributed by atoms with Gasteiger partial charge in [-0.05, 0) is 25.8 Å². The van der Waals surface area contributed by atoms with E-state index in [1.54, 1.807) is 0 Å². The second-order valence-corrected chi connectivity index (χ2v) is 3.48. The normalized spacial score (nSPS) is 15.3. The SMILES string of the molecule is C#CCCCN(CCC#N)C1CC1. The van der Waals surface area contributed by atoms with Crippen LogP contribution in [0.15, 0.2) is 0 Å². The molecule has 1 saturated carbocycles. The summed E-state index contributed by atoms with van der Waals surface area (Å²) in [6.45, 7) is 1.99. The zero-order chi connectivity index (χ0) is 9.52. The van der Waals surface area contributed by atoms with Crippen LogP contribution in [-0.4, -0.2) is 24.0 Å². The highest BCUT2D eigenvalue weighted by Crippen LogP contribution is 2.26. The molecule has 1 aliphatic rings. The highest BCUT2D eigenvalue weighted by molar-refractivity contribution is 4.88. The Labute approximate surface area is 80.5 Å². The first-order valence-corrected chi connectivity index (χ1v) is 4.93. The molecule has 0 aromatic heterocycles. The molecule has 0 aromatic carbocycles. The molecule has 0 aromatic rings. The lowest BCUT2D eigenvalue weighted by Crippen LogP contribution is -2.28. The molecule has 0 bridgehead atoms. The average Bonchev–Trinajstić information content (AvgIpc) is 2.94. The molecular formula is C11H16N2. The number of hydrogen-bond acceptors (Lipinski definition) is 2. The van der Waals surface area contributed by atoms with Gasteiger partial charge in [0, 0.05) is 25.4 Å². The van der Waals surface area contributed by atoms with Crippen LogP contribution in [0.1, 0.15) is 32.1 Å². The van der Waals surface area contributed by atoms with Crippen LogP contribution < -0.4 is 0 Å². The highest BCUT2D eigenvalue weighted by Gasteiger charge is 2.27. The Morgan fingerprint density at radius 2 is 2.08 bits per heavy atom. The van der Waals surface area contributed by atoms with Crippen molar-refractivity contribution in [2.75, 3.05) is 13.1 Å². The van der Waals surface area contributed by atoms with Crippen molar-refractivity contribution in [1.82, 2.24) is 4.90 Å². The standard InChI is InChI=1S/C11H16N2/c1-2-3-4-9-13(10-5-8-12)11-6-7-11/h1,11H,3-7,9-10H2. The fraction of sp³-hybridized carbons (Fsp3) is 0.727. The van der Waals surface area contributed by atoms with Crippen molar-refractivity contribution in [2.45, 2.75) is 38.1 Å². The summed E-state index contributed by atoms with van der Waals surface area (Å²) in [6, 6.07) is 2.94. The Bertz CT molecular complexity index is 217. The minimum atomic E-state index is 0.645. The molecule has 70 valence electrons. The summed E-state index contributed by atoms with van der Waals surface area (Å²) in [5.74, 6) is 2.65. The zero-order valence-electron chi connectivity index (χ0n) is 8.00. The van der Waals surface area contributed by atoms with Gasteiger partial charge in [-0.25, -0.2) is 0 Å². The molecule has 0 saturated heterocycles. The molecule has 0 unspecified atom stereocenters. The van der Waals surface area contributed by atoms with Crippen LogP contribution in [0.4, 0.5) is 0 Å². The van der Waals surface area contributed by atoms with Crippen LogP contribution in [0.5, 0.6) is 0 Å². The molecule has 13 heavy (non-hydrogen) atoms. The fourth-order valence-electron chi connectivity index (χ4n) is 1.49. The lowest BCUT2D eigenvalue weighted by Gasteiger charge is -2.19. The van der Waals surface area contributed by atoms with Gasteiger partial charge in [0.2, 0.25) is 0 Å². The predicted octanol–water partition coefficient (Wildman–Crippen LogP) is 1.78. The summed E-state index contributed by atoms with van der Waals surface area (Å²) in [5, 5.41) is 8.48. The van der Waals surface area contributed by atoms with E-state index in [1.807, 2.05) is 0 Å². The van der Waals surface area contributed by atoms with Crippen LogP contribution in [0.3, 0.4) is 0 Å².